The van der Waals surface area contributed by atoms with Crippen LogP contribution in [0.2, 0.25) is 0 Å². The van der Waals surface area contributed by atoms with Crippen molar-refractivity contribution in [3.8, 4) is 0 Å². The molecular weight excluding hydrogens is 289 g/mol. The Morgan fingerprint density at radius 1 is 0.800 bits per heavy atom. The van der Waals surface area contributed by atoms with E-state index >= 15 is 0 Å². The molecule has 0 saturated carbocycles. The maximum Gasteiger partial charge on any atom is 0.162 e. The van der Waals surface area contributed by atoms with Gasteiger partial charge in [-0.25, -0.2) is 0 Å². The first kappa shape index (κ1) is 16.4. The first-order valence-electron chi connectivity index (χ1n) is 6.46. The molecule has 0 aliphatic heterocycles. The number of hydrogen-bond acceptors (Lipinski definition) is 1. The van der Waals surface area contributed by atoms with E-state index in [2.05, 4.69) is 0 Å². The van der Waals surface area contributed by atoms with Gasteiger partial charge in [-0.2, -0.15) is 5.71 Å². The molecule has 1 radical (unpaired) electrons. The van der Waals surface area contributed by atoms with Crippen molar-refractivity contribution < 1.29 is 21.9 Å². The number of carbonyl (C=O) groups excluding carboxylic acids is 1. The summed E-state index contributed by atoms with van der Waals surface area (Å²) in [6, 6.07) is 18.7. The molecule has 0 spiro atoms. The average molecular weight is 305 g/mol. The average Bonchev–Trinajstić information content (AvgIpc) is 2.49. The van der Waals surface area contributed by atoms with Crippen LogP contribution in [0.5, 0.6) is 0 Å². The summed E-state index contributed by atoms with van der Waals surface area (Å²) >= 11 is 0. The van der Waals surface area contributed by atoms with Crippen LogP contribution in [0.1, 0.15) is 35.2 Å². The van der Waals surface area contributed by atoms with Crippen molar-refractivity contribution in [1.82, 2.24) is 0 Å². The molecule has 2 aromatic rings. The van der Waals surface area contributed by atoms with E-state index in [1.807, 2.05) is 60.7 Å². The van der Waals surface area contributed by atoms with Gasteiger partial charge in [0.15, 0.2) is 5.78 Å². The predicted octanol–water partition coefficient (Wildman–Crippen LogP) is 4.10. The SMILES string of the molecule is [Mn].[N-]=C(CCCC(=O)c1ccccc1)c1ccccc1. The molecule has 0 unspecified atom stereocenters. The Labute approximate surface area is 130 Å². The van der Waals surface area contributed by atoms with Gasteiger partial charge in [0.05, 0.1) is 0 Å². The van der Waals surface area contributed by atoms with Crippen LogP contribution in [-0.4, -0.2) is 11.5 Å². The summed E-state index contributed by atoms with van der Waals surface area (Å²) in [6.07, 6.45) is 1.65. The molecule has 3 heteroatoms. The van der Waals surface area contributed by atoms with Gasteiger partial charge in [0.25, 0.3) is 0 Å². The van der Waals surface area contributed by atoms with Gasteiger partial charge in [-0.05, 0) is 18.4 Å². The number of ketones is 1. The minimum atomic E-state index is 0. The first-order valence-corrected chi connectivity index (χ1v) is 6.46. The minimum absolute atomic E-state index is 0. The van der Waals surface area contributed by atoms with Crippen molar-refractivity contribution in [2.45, 2.75) is 19.3 Å². The number of Topliss-reactive ketones (excluding diaryl/α,β-unsaturated/α-hetero) is 1. The van der Waals surface area contributed by atoms with Gasteiger partial charge in [0, 0.05) is 29.1 Å². The van der Waals surface area contributed by atoms with Crippen LogP contribution in [0.3, 0.4) is 0 Å². The maximum atomic E-state index is 11.9. The van der Waals surface area contributed by atoms with E-state index in [0.29, 0.717) is 25.0 Å². The monoisotopic (exact) mass is 305 g/mol. The summed E-state index contributed by atoms with van der Waals surface area (Å²) in [5, 5.41) is 9.91. The number of nitrogens with zero attached hydrogens (tertiary/aromatic N) is 1. The van der Waals surface area contributed by atoms with Gasteiger partial charge in [-0.3, -0.25) is 4.79 Å². The second-order valence-corrected chi connectivity index (χ2v) is 4.46. The Bertz CT molecular complexity index is 500. The molecular formula is C17H16MnNO-. The van der Waals surface area contributed by atoms with E-state index in [0.717, 1.165) is 11.1 Å². The maximum absolute atomic E-state index is 11.9. The Hall–Kier alpha value is -1.70. The van der Waals surface area contributed by atoms with Crippen molar-refractivity contribution in [2.75, 3.05) is 0 Å². The van der Waals surface area contributed by atoms with Crippen molar-refractivity contribution in [3.63, 3.8) is 0 Å². The molecule has 0 bridgehead atoms. The molecule has 0 aliphatic carbocycles. The van der Waals surface area contributed by atoms with Crippen LogP contribution in [0, 0.1) is 0 Å². The summed E-state index contributed by atoms with van der Waals surface area (Å²) in [5.74, 6) is 0.126. The van der Waals surface area contributed by atoms with Crippen LogP contribution in [0.4, 0.5) is 0 Å². The molecule has 0 aromatic heterocycles. The normalized spacial score (nSPS) is 9.60. The van der Waals surface area contributed by atoms with E-state index in [1.165, 1.54) is 0 Å². The fraction of sp³-hybridized carbons (Fsp3) is 0.176. The van der Waals surface area contributed by atoms with Crippen LogP contribution in [0.15, 0.2) is 60.7 Å². The molecule has 2 rings (SSSR count). The number of benzene rings is 2. The van der Waals surface area contributed by atoms with E-state index in [4.69, 9.17) is 0 Å². The van der Waals surface area contributed by atoms with E-state index in [-0.39, 0.29) is 22.9 Å². The van der Waals surface area contributed by atoms with Crippen LogP contribution in [0.25, 0.3) is 5.41 Å². The Balaban J connectivity index is 0.00000200. The quantitative estimate of drug-likeness (QED) is 0.450. The molecule has 0 saturated heterocycles. The fourth-order valence-corrected chi connectivity index (χ4v) is 1.96. The van der Waals surface area contributed by atoms with Crippen LogP contribution >= 0.6 is 0 Å². The van der Waals surface area contributed by atoms with Gasteiger partial charge in [0.2, 0.25) is 0 Å². The Kier molecular flexibility index (Phi) is 6.92. The molecule has 0 amide bonds. The van der Waals surface area contributed by atoms with Crippen molar-refractivity contribution >= 4 is 11.5 Å². The summed E-state index contributed by atoms with van der Waals surface area (Å²) in [7, 11) is 0. The van der Waals surface area contributed by atoms with Gasteiger partial charge in [0.1, 0.15) is 0 Å². The second kappa shape index (κ2) is 8.47. The molecule has 20 heavy (non-hydrogen) atoms. The molecule has 0 fully saturated rings. The first-order chi connectivity index (χ1) is 9.27. The van der Waals surface area contributed by atoms with E-state index in [1.54, 1.807) is 0 Å². The Morgan fingerprint density at radius 2 is 1.30 bits per heavy atom. The van der Waals surface area contributed by atoms with Gasteiger partial charge in [-0.1, -0.05) is 60.7 Å². The predicted molar refractivity (Wildman–Crippen MR) is 78.5 cm³/mol. The van der Waals surface area contributed by atoms with E-state index < -0.39 is 0 Å². The van der Waals surface area contributed by atoms with E-state index in [9.17, 15) is 10.2 Å². The molecule has 0 N–H and O–H groups in total. The Morgan fingerprint density at radius 3 is 1.85 bits per heavy atom. The van der Waals surface area contributed by atoms with Gasteiger partial charge < -0.3 is 5.41 Å². The third-order valence-corrected chi connectivity index (χ3v) is 3.02. The topological polar surface area (TPSA) is 39.4 Å². The molecule has 2 nitrogen and oxygen atoms in total. The molecule has 0 atom stereocenters. The minimum Gasteiger partial charge on any atom is -0.807 e. The number of carbonyl (C=O) groups is 1. The number of rotatable bonds is 6. The summed E-state index contributed by atoms with van der Waals surface area (Å²) in [4.78, 5) is 11.9. The zero-order chi connectivity index (χ0) is 13.5. The molecule has 0 heterocycles. The third kappa shape index (κ3) is 4.76. The van der Waals surface area contributed by atoms with Gasteiger partial charge >= 0.3 is 0 Å². The third-order valence-electron chi connectivity index (χ3n) is 3.02. The fourth-order valence-electron chi connectivity index (χ4n) is 1.96. The van der Waals surface area contributed by atoms with Crippen molar-refractivity contribution in [2.24, 2.45) is 0 Å². The van der Waals surface area contributed by atoms with Crippen LogP contribution in [-0.2, 0) is 17.1 Å². The van der Waals surface area contributed by atoms with Crippen molar-refractivity contribution in [3.05, 3.63) is 77.2 Å². The standard InChI is InChI=1S/C17H16NO.Mn/c18-16(14-8-3-1-4-9-14)12-7-13-17(19)15-10-5-2-6-11-15;/h1-6,8-11H,7,12-13H2;/q-1;. The number of hydrogen-bond donors (Lipinski definition) is 0. The molecule has 2 aromatic carbocycles. The second-order valence-electron chi connectivity index (χ2n) is 4.46. The molecule has 103 valence electrons. The smallest absolute Gasteiger partial charge is 0.162 e. The zero-order valence-corrected chi connectivity index (χ0v) is 12.3. The molecule has 0 aliphatic rings. The van der Waals surface area contributed by atoms with Crippen molar-refractivity contribution in [1.29, 1.82) is 0 Å². The summed E-state index contributed by atoms with van der Waals surface area (Å²) < 4.78 is 0. The van der Waals surface area contributed by atoms with Crippen LogP contribution < -0.4 is 0 Å². The largest absolute Gasteiger partial charge is 0.807 e. The summed E-state index contributed by atoms with van der Waals surface area (Å²) in [6.45, 7) is 0. The van der Waals surface area contributed by atoms with Gasteiger partial charge in [-0.15, -0.1) is 0 Å². The zero-order valence-electron chi connectivity index (χ0n) is 11.1. The summed E-state index contributed by atoms with van der Waals surface area (Å²) in [5.41, 5.74) is 1.91.